The van der Waals surface area contributed by atoms with E-state index in [4.69, 9.17) is 48.4 Å². The van der Waals surface area contributed by atoms with Crippen LogP contribution in [0.4, 0.5) is 0 Å². The Kier molecular flexibility index (Phi) is 11.1. The lowest BCUT2D eigenvalue weighted by atomic mass is 9.45. The summed E-state index contributed by atoms with van der Waals surface area (Å²) in [6.45, 7) is 19.1. The summed E-state index contributed by atoms with van der Waals surface area (Å²) in [7, 11) is 1.30. The Hall–Kier alpha value is -4.95. The van der Waals surface area contributed by atoms with Crippen LogP contribution in [0.2, 0.25) is 0 Å². The molecule has 10 rings (SSSR count). The molecule has 354 valence electrons. The zero-order valence-corrected chi connectivity index (χ0v) is 39.7. The highest BCUT2D eigenvalue weighted by Crippen LogP contribution is 2.74. The summed E-state index contributed by atoms with van der Waals surface area (Å²) in [5, 5.41) is 34.2. The van der Waals surface area contributed by atoms with Crippen molar-refractivity contribution < 1.29 is 62.4 Å². The van der Waals surface area contributed by atoms with Gasteiger partial charge in [0, 0.05) is 40.9 Å². The summed E-state index contributed by atoms with van der Waals surface area (Å²) >= 11 is 0. The number of nitrogens with zero attached hydrogens (tertiary/aromatic N) is 1. The van der Waals surface area contributed by atoms with Crippen molar-refractivity contribution in [3.05, 3.63) is 74.7 Å². The Morgan fingerprint density at radius 1 is 1.02 bits per heavy atom. The summed E-state index contributed by atoms with van der Waals surface area (Å²) in [6.07, 6.45) is 5.42. The monoisotopic (exact) mass is 910 g/mol. The normalized spacial score (nSPS) is 36.1. The maximum Gasteiger partial charge on any atom is 0.333 e. The molecule has 15 heteroatoms. The third-order valence-electron chi connectivity index (χ3n) is 14.8. The fraction of sp³-hybridized carbons (Fsp3) is 0.588. The maximum absolute atomic E-state index is 15.5. The predicted octanol–water partition coefficient (Wildman–Crippen LogP) is 6.54. The molecule has 6 unspecified atom stereocenters. The van der Waals surface area contributed by atoms with Crippen LogP contribution in [-0.4, -0.2) is 94.6 Å². The van der Waals surface area contributed by atoms with Gasteiger partial charge in [0.15, 0.2) is 22.8 Å². The zero-order valence-electron chi connectivity index (χ0n) is 39.7. The first-order valence-corrected chi connectivity index (χ1v) is 22.9. The molecule has 6 aliphatic heterocycles. The van der Waals surface area contributed by atoms with Crippen LogP contribution in [-0.2, 0) is 44.4 Å². The molecule has 3 aliphatic carbocycles. The summed E-state index contributed by atoms with van der Waals surface area (Å²) in [5.74, 6) is -3.10. The van der Waals surface area contributed by atoms with Gasteiger partial charge in [-0.25, -0.2) is 4.79 Å². The number of allylic oxidation sites excluding steroid dienone is 5. The van der Waals surface area contributed by atoms with Gasteiger partial charge in [0.05, 0.1) is 30.5 Å². The van der Waals surface area contributed by atoms with Crippen LogP contribution in [0.5, 0.6) is 17.2 Å². The number of nitriles is 1. The quantitative estimate of drug-likeness (QED) is 0.129. The molecule has 6 fully saturated rings. The van der Waals surface area contributed by atoms with Crippen LogP contribution >= 0.6 is 0 Å². The standard InChI is InChI=1S/C51H62N2O13/c1-24(2)13-12-18-49(10)19-17-28-38(64-49)27(15-14-25(3)4)40-34(39(28)62-46-37(55)36(54)41-31(60-46)23-59-48(8,9)63-41)42-35-33(30(22-52)44(53)61-42)29-21-32-47(6,7)66-50(43(29)56,51(32,35)65-40)20-16-26(5)45(57)58-11/h13-14,16-17,19,29,31-33,36-37,41,46,54-55H,12,15,18,20-21,23,53H2,1-11H3/b26-16-/t29?,31-,32?,33?,36-,37-,41-,46+,49?,50?,51?/m0/s1. The highest BCUT2D eigenvalue weighted by molar-refractivity contribution is 6.01. The number of carbonyl (C=O) groups excluding carboxylic acids is 2. The number of hydrogen-bond donors (Lipinski definition) is 3. The predicted molar refractivity (Wildman–Crippen MR) is 239 cm³/mol. The van der Waals surface area contributed by atoms with E-state index < -0.39 is 82.6 Å². The lowest BCUT2D eigenvalue weighted by molar-refractivity contribution is -0.373. The van der Waals surface area contributed by atoms with E-state index in [2.05, 4.69) is 32.1 Å². The third kappa shape index (κ3) is 6.80. The van der Waals surface area contributed by atoms with Crippen molar-refractivity contribution >= 4 is 23.6 Å². The van der Waals surface area contributed by atoms with E-state index in [0.717, 1.165) is 12.0 Å². The lowest BCUT2D eigenvalue weighted by Crippen LogP contribution is -2.75. The first kappa shape index (κ1) is 46.2. The van der Waals surface area contributed by atoms with E-state index >= 15 is 4.79 Å². The SMILES string of the molecule is COC(=O)/C(C)=C\CC12OC(C)(C)C3CC(C1=O)C1C(C#N)=C(N)OC4=C1C32Oc1c(CC=C(C)C)c2c(c(O[C@H]3O[C@H]5COC(C)(C)O[C@@H]5[C@@H](O)[C@@H]3O)c14)C=CC(C)(CCC=C(C)C)O2. The first-order chi connectivity index (χ1) is 31.0. The van der Waals surface area contributed by atoms with E-state index in [1.807, 2.05) is 46.8 Å². The Balaban J connectivity index is 1.33. The van der Waals surface area contributed by atoms with E-state index in [9.17, 15) is 20.3 Å². The average molecular weight is 911 g/mol. The molecular weight excluding hydrogens is 849 g/mol. The molecule has 15 nitrogen and oxygen atoms in total. The fourth-order valence-electron chi connectivity index (χ4n) is 11.7. The molecule has 66 heavy (non-hydrogen) atoms. The number of Topliss-reactive ketones (excluding diaryl/α,β-unsaturated/α-hetero) is 1. The second kappa shape index (κ2) is 15.8. The molecular formula is C51H62N2O13. The van der Waals surface area contributed by atoms with Crippen molar-refractivity contribution in [2.75, 3.05) is 13.7 Å². The minimum Gasteiger partial charge on any atom is -0.482 e. The number of ketones is 1. The number of aliphatic hydroxyl groups is 2. The van der Waals surface area contributed by atoms with Crippen molar-refractivity contribution in [2.24, 2.45) is 23.5 Å². The van der Waals surface area contributed by atoms with Crippen LogP contribution in [0.15, 0.2) is 58.1 Å². The third-order valence-corrected chi connectivity index (χ3v) is 14.8. The molecule has 0 radical (unpaired) electrons. The average Bonchev–Trinajstić information content (AvgIpc) is 3.39. The largest absolute Gasteiger partial charge is 0.482 e. The van der Waals surface area contributed by atoms with Crippen molar-refractivity contribution in [3.63, 3.8) is 0 Å². The van der Waals surface area contributed by atoms with Crippen molar-refractivity contribution in [1.29, 1.82) is 5.26 Å². The number of ether oxygens (including phenoxy) is 9. The molecule has 0 amide bonds. The number of methoxy groups -OCH3 is 1. The van der Waals surface area contributed by atoms with Crippen molar-refractivity contribution in [1.82, 2.24) is 0 Å². The lowest BCUT2D eigenvalue weighted by Gasteiger charge is -2.61. The minimum atomic E-state index is -1.72. The molecule has 3 saturated heterocycles. The van der Waals surface area contributed by atoms with Crippen LogP contribution in [0.25, 0.3) is 11.8 Å². The Morgan fingerprint density at radius 3 is 2.42 bits per heavy atom. The molecule has 11 atom stereocenters. The molecule has 3 saturated carbocycles. The molecule has 0 aromatic heterocycles. The van der Waals surface area contributed by atoms with Gasteiger partial charge in [0.25, 0.3) is 0 Å². The number of aliphatic hydroxyl groups excluding tert-OH is 2. The Labute approximate surface area is 385 Å². The number of fused-ring (bicyclic) bond motifs is 4. The summed E-state index contributed by atoms with van der Waals surface area (Å²) in [6, 6.07) is 2.27. The van der Waals surface area contributed by atoms with Crippen molar-refractivity contribution in [3.8, 4) is 23.3 Å². The molecule has 9 aliphatic rings. The first-order valence-electron chi connectivity index (χ1n) is 22.9. The molecule has 4 N–H and O–H groups in total. The van der Waals surface area contributed by atoms with Crippen LogP contribution in [0, 0.1) is 29.1 Å². The zero-order chi connectivity index (χ0) is 47.6. The van der Waals surface area contributed by atoms with Gasteiger partial charge in [0.2, 0.25) is 12.2 Å². The highest BCUT2D eigenvalue weighted by Gasteiger charge is 2.84. The van der Waals surface area contributed by atoms with Gasteiger partial charge in [-0.2, -0.15) is 5.26 Å². The van der Waals surface area contributed by atoms with Gasteiger partial charge in [-0.15, -0.1) is 0 Å². The number of nitrogens with two attached hydrogens (primary N) is 1. The second-order valence-corrected chi connectivity index (χ2v) is 20.7. The van der Waals surface area contributed by atoms with Gasteiger partial charge in [-0.05, 0) is 107 Å². The van der Waals surface area contributed by atoms with E-state index in [-0.39, 0.29) is 53.1 Å². The molecule has 1 aromatic rings. The van der Waals surface area contributed by atoms with E-state index in [1.165, 1.54) is 12.7 Å². The van der Waals surface area contributed by atoms with Gasteiger partial charge in [-0.3, -0.25) is 4.79 Å². The Morgan fingerprint density at radius 2 is 1.74 bits per heavy atom. The van der Waals surface area contributed by atoms with E-state index in [1.54, 1.807) is 26.8 Å². The maximum atomic E-state index is 15.5. The second-order valence-electron chi connectivity index (χ2n) is 20.7. The topological polar surface area (TPSA) is 207 Å². The fourth-order valence-corrected chi connectivity index (χ4v) is 11.7. The number of rotatable bonds is 10. The number of hydrogen-bond acceptors (Lipinski definition) is 15. The number of esters is 1. The summed E-state index contributed by atoms with van der Waals surface area (Å²) < 4.78 is 59.2. The summed E-state index contributed by atoms with van der Waals surface area (Å²) in [4.78, 5) is 28.4. The number of carbonyl (C=O) groups is 2. The van der Waals surface area contributed by atoms with Crippen molar-refractivity contribution in [2.45, 2.75) is 160 Å². The highest BCUT2D eigenvalue weighted by atomic mass is 16.8. The van der Waals surface area contributed by atoms with Gasteiger partial charge in [0.1, 0.15) is 64.7 Å². The summed E-state index contributed by atoms with van der Waals surface area (Å²) in [5.41, 5.74) is 6.14. The van der Waals surface area contributed by atoms with Gasteiger partial charge in [-0.1, -0.05) is 29.4 Å². The molecule has 1 spiro atoms. The Bertz CT molecular complexity index is 2510. The van der Waals surface area contributed by atoms with Crippen LogP contribution in [0.3, 0.4) is 0 Å². The molecule has 6 heterocycles. The number of benzene rings is 1. The molecule has 1 aromatic carbocycles. The van der Waals surface area contributed by atoms with Gasteiger partial charge >= 0.3 is 5.97 Å². The molecule has 4 bridgehead atoms. The van der Waals surface area contributed by atoms with Crippen LogP contribution in [0.1, 0.15) is 112 Å². The van der Waals surface area contributed by atoms with Gasteiger partial charge < -0.3 is 58.6 Å². The van der Waals surface area contributed by atoms with Crippen LogP contribution < -0.4 is 19.9 Å². The van der Waals surface area contributed by atoms with E-state index in [0.29, 0.717) is 47.3 Å². The smallest absolute Gasteiger partial charge is 0.333 e. The minimum absolute atomic E-state index is 0.0504.